The van der Waals surface area contributed by atoms with E-state index in [9.17, 15) is 9.18 Å². The fourth-order valence-corrected chi connectivity index (χ4v) is 2.83. The predicted molar refractivity (Wildman–Crippen MR) is 75.5 cm³/mol. The Labute approximate surface area is 121 Å². The van der Waals surface area contributed by atoms with Gasteiger partial charge in [0, 0.05) is 16.7 Å². The smallest absolute Gasteiger partial charge is 0.259 e. The number of amides is 1. The van der Waals surface area contributed by atoms with Gasteiger partial charge in [-0.05, 0) is 30.2 Å². The van der Waals surface area contributed by atoms with Crippen molar-refractivity contribution in [1.29, 1.82) is 0 Å². The van der Waals surface area contributed by atoms with E-state index in [1.165, 1.54) is 12.3 Å². The van der Waals surface area contributed by atoms with Crippen molar-refractivity contribution in [3.63, 3.8) is 0 Å². The summed E-state index contributed by atoms with van der Waals surface area (Å²) in [6, 6.07) is 6.39. The third kappa shape index (κ3) is 1.96. The zero-order chi connectivity index (χ0) is 14.3. The van der Waals surface area contributed by atoms with Gasteiger partial charge in [-0.1, -0.05) is 18.5 Å². The maximum atomic E-state index is 13.4. The number of carbonyl (C=O) groups is 1. The van der Waals surface area contributed by atoms with Gasteiger partial charge in [0.15, 0.2) is 0 Å². The molecule has 0 saturated carbocycles. The fourth-order valence-electron chi connectivity index (χ4n) is 2.65. The molecule has 2 aromatic rings. The Morgan fingerprint density at radius 1 is 1.35 bits per heavy atom. The lowest BCUT2D eigenvalue weighted by Crippen LogP contribution is -2.27. The van der Waals surface area contributed by atoms with E-state index in [4.69, 9.17) is 11.6 Å². The number of aromatic nitrogens is 1. The highest BCUT2D eigenvalue weighted by atomic mass is 35.5. The van der Waals surface area contributed by atoms with Crippen molar-refractivity contribution in [2.45, 2.75) is 19.4 Å². The molecule has 1 aliphatic rings. The minimum absolute atomic E-state index is 0.139. The SMILES string of the molecule is CCC1c2cc(Cl)ccc2C(=O)N1c1cncc(F)c1. The van der Waals surface area contributed by atoms with E-state index in [2.05, 4.69) is 4.98 Å². The van der Waals surface area contributed by atoms with Crippen molar-refractivity contribution in [2.24, 2.45) is 0 Å². The average Bonchev–Trinajstić information content (AvgIpc) is 2.70. The van der Waals surface area contributed by atoms with Crippen molar-refractivity contribution < 1.29 is 9.18 Å². The van der Waals surface area contributed by atoms with Crippen LogP contribution in [-0.4, -0.2) is 10.9 Å². The number of anilines is 1. The second kappa shape index (κ2) is 4.87. The highest BCUT2D eigenvalue weighted by Crippen LogP contribution is 2.40. The van der Waals surface area contributed by atoms with Crippen molar-refractivity contribution in [2.75, 3.05) is 4.90 Å². The van der Waals surface area contributed by atoms with E-state index in [0.29, 0.717) is 16.3 Å². The van der Waals surface area contributed by atoms with Crippen molar-refractivity contribution in [3.8, 4) is 0 Å². The molecule has 0 fully saturated rings. The monoisotopic (exact) mass is 290 g/mol. The number of hydrogen-bond acceptors (Lipinski definition) is 2. The molecule has 0 aliphatic carbocycles. The lowest BCUT2D eigenvalue weighted by molar-refractivity contribution is 0.0990. The lowest BCUT2D eigenvalue weighted by atomic mass is 10.0. The van der Waals surface area contributed by atoms with E-state index in [1.807, 2.05) is 6.92 Å². The third-order valence-electron chi connectivity index (χ3n) is 3.49. The summed E-state index contributed by atoms with van der Waals surface area (Å²) in [5.74, 6) is -0.602. The number of benzene rings is 1. The first kappa shape index (κ1) is 13.1. The van der Waals surface area contributed by atoms with Gasteiger partial charge in [0.2, 0.25) is 0 Å². The Morgan fingerprint density at radius 3 is 2.85 bits per heavy atom. The zero-order valence-electron chi connectivity index (χ0n) is 10.8. The molecule has 3 nitrogen and oxygen atoms in total. The van der Waals surface area contributed by atoms with Crippen LogP contribution in [0.15, 0.2) is 36.7 Å². The van der Waals surface area contributed by atoms with Crippen molar-refractivity contribution in [1.82, 2.24) is 4.98 Å². The first-order valence-electron chi connectivity index (χ1n) is 6.35. The molecule has 102 valence electrons. The summed E-state index contributed by atoms with van der Waals surface area (Å²) in [7, 11) is 0. The van der Waals surface area contributed by atoms with E-state index >= 15 is 0 Å². The highest BCUT2D eigenvalue weighted by molar-refractivity contribution is 6.31. The lowest BCUT2D eigenvalue weighted by Gasteiger charge is -2.24. The maximum Gasteiger partial charge on any atom is 0.259 e. The van der Waals surface area contributed by atoms with Crippen LogP contribution in [0.4, 0.5) is 10.1 Å². The predicted octanol–water partition coefficient (Wildman–Crippen LogP) is 3.99. The van der Waals surface area contributed by atoms with Crippen LogP contribution in [0.2, 0.25) is 5.02 Å². The van der Waals surface area contributed by atoms with Crippen LogP contribution in [0.25, 0.3) is 0 Å². The molecule has 1 aliphatic heterocycles. The molecule has 2 heterocycles. The number of carbonyl (C=O) groups excluding carboxylic acids is 1. The van der Waals surface area contributed by atoms with Crippen LogP contribution < -0.4 is 4.90 Å². The molecule has 3 rings (SSSR count). The van der Waals surface area contributed by atoms with Crippen molar-refractivity contribution >= 4 is 23.2 Å². The van der Waals surface area contributed by atoms with E-state index in [-0.39, 0.29) is 11.9 Å². The van der Waals surface area contributed by atoms with Gasteiger partial charge in [-0.25, -0.2) is 4.39 Å². The first-order chi connectivity index (χ1) is 9.61. The summed E-state index contributed by atoms with van der Waals surface area (Å²) in [4.78, 5) is 17.9. The van der Waals surface area contributed by atoms with Crippen LogP contribution in [0.5, 0.6) is 0 Å². The highest BCUT2D eigenvalue weighted by Gasteiger charge is 2.36. The van der Waals surface area contributed by atoms with Crippen molar-refractivity contribution in [3.05, 3.63) is 58.6 Å². The van der Waals surface area contributed by atoms with Crippen LogP contribution >= 0.6 is 11.6 Å². The molecule has 1 aromatic heterocycles. The van der Waals surface area contributed by atoms with Gasteiger partial charge < -0.3 is 0 Å². The standard InChI is InChI=1S/C15H12ClFN2O/c1-2-14-13-5-9(16)3-4-12(13)15(20)19(14)11-6-10(17)7-18-8-11/h3-8,14H,2H2,1H3. The molecule has 0 N–H and O–H groups in total. The molecule has 0 bridgehead atoms. The van der Waals surface area contributed by atoms with Gasteiger partial charge in [0.05, 0.1) is 24.1 Å². The summed E-state index contributed by atoms with van der Waals surface area (Å²) >= 11 is 6.01. The quantitative estimate of drug-likeness (QED) is 0.838. The summed E-state index contributed by atoms with van der Waals surface area (Å²) in [5.41, 5.74) is 1.97. The number of nitrogens with zero attached hydrogens (tertiary/aromatic N) is 2. The zero-order valence-corrected chi connectivity index (χ0v) is 11.6. The second-order valence-corrected chi connectivity index (χ2v) is 5.13. The largest absolute Gasteiger partial charge is 0.299 e. The molecule has 0 spiro atoms. The number of halogens is 2. The normalized spacial score (nSPS) is 17.4. The molecule has 1 amide bonds. The van der Waals surface area contributed by atoms with Gasteiger partial charge in [0.1, 0.15) is 5.82 Å². The van der Waals surface area contributed by atoms with Crippen LogP contribution in [0, 0.1) is 5.82 Å². The van der Waals surface area contributed by atoms with Gasteiger partial charge in [0.25, 0.3) is 5.91 Å². The van der Waals surface area contributed by atoms with Gasteiger partial charge in [-0.2, -0.15) is 0 Å². The minimum atomic E-state index is -0.459. The van der Waals surface area contributed by atoms with Gasteiger partial charge in [-0.15, -0.1) is 0 Å². The van der Waals surface area contributed by atoms with E-state index in [0.717, 1.165) is 18.2 Å². The molecular weight excluding hydrogens is 279 g/mol. The topological polar surface area (TPSA) is 33.2 Å². The Balaban J connectivity index is 2.12. The summed E-state index contributed by atoms with van der Waals surface area (Å²) < 4.78 is 13.4. The summed E-state index contributed by atoms with van der Waals surface area (Å²) in [6.45, 7) is 1.98. The Hall–Kier alpha value is -1.94. The molecule has 5 heteroatoms. The van der Waals surface area contributed by atoms with Gasteiger partial charge >= 0.3 is 0 Å². The second-order valence-electron chi connectivity index (χ2n) is 4.69. The number of fused-ring (bicyclic) bond motifs is 1. The Kier molecular flexibility index (Phi) is 3.18. The maximum absolute atomic E-state index is 13.4. The van der Waals surface area contributed by atoms with Crippen LogP contribution in [0.3, 0.4) is 0 Å². The fraction of sp³-hybridized carbons (Fsp3) is 0.200. The molecule has 1 atom stereocenters. The minimum Gasteiger partial charge on any atom is -0.299 e. The van der Waals surface area contributed by atoms with Gasteiger partial charge in [-0.3, -0.25) is 14.7 Å². The third-order valence-corrected chi connectivity index (χ3v) is 3.72. The van der Waals surface area contributed by atoms with Crippen LogP contribution in [0.1, 0.15) is 35.3 Å². The number of rotatable bonds is 2. The molecule has 0 saturated heterocycles. The van der Waals surface area contributed by atoms with E-state index < -0.39 is 5.82 Å². The van der Waals surface area contributed by atoms with E-state index in [1.54, 1.807) is 23.1 Å². The molecule has 20 heavy (non-hydrogen) atoms. The number of hydrogen-bond donors (Lipinski definition) is 0. The molecular formula is C15H12ClFN2O. The first-order valence-corrected chi connectivity index (χ1v) is 6.73. The summed E-state index contributed by atoms with van der Waals surface area (Å²) in [6.07, 6.45) is 3.34. The number of pyridine rings is 1. The molecule has 0 radical (unpaired) electrons. The average molecular weight is 291 g/mol. The molecule has 1 unspecified atom stereocenters. The Bertz CT molecular complexity index is 689. The summed E-state index contributed by atoms with van der Waals surface area (Å²) in [5, 5.41) is 0.592. The van der Waals surface area contributed by atoms with Crippen LogP contribution in [-0.2, 0) is 0 Å². The Morgan fingerprint density at radius 2 is 2.15 bits per heavy atom. The molecule has 1 aromatic carbocycles.